The van der Waals surface area contributed by atoms with Gasteiger partial charge in [-0.15, -0.1) is 11.3 Å². The van der Waals surface area contributed by atoms with Crippen LogP contribution in [0.4, 0.5) is 0 Å². The quantitative estimate of drug-likeness (QED) is 0.802. The summed E-state index contributed by atoms with van der Waals surface area (Å²) < 4.78 is 5.03. The summed E-state index contributed by atoms with van der Waals surface area (Å²) in [6, 6.07) is 0. The Morgan fingerprint density at radius 2 is 2.00 bits per heavy atom. The zero-order valence-electron chi connectivity index (χ0n) is 12.1. The minimum Gasteiger partial charge on any atom is -0.466 e. The maximum Gasteiger partial charge on any atom is 0.309 e. The number of carbonyl (C=O) groups is 2. The van der Waals surface area contributed by atoms with Gasteiger partial charge < -0.3 is 9.64 Å². The Kier molecular flexibility index (Phi) is 4.75. The Balaban J connectivity index is 1.93. The van der Waals surface area contributed by atoms with Crippen LogP contribution in [0.25, 0.3) is 0 Å². The lowest BCUT2D eigenvalue weighted by molar-refractivity contribution is -0.149. The summed E-state index contributed by atoms with van der Waals surface area (Å²) in [7, 11) is 0. The van der Waals surface area contributed by atoms with E-state index in [2.05, 4.69) is 4.98 Å². The Morgan fingerprint density at radius 1 is 1.35 bits per heavy atom. The Hall–Kier alpha value is -1.43. The van der Waals surface area contributed by atoms with E-state index in [-0.39, 0.29) is 17.8 Å². The number of thiazole rings is 1. The van der Waals surface area contributed by atoms with E-state index in [0.717, 1.165) is 10.6 Å². The molecule has 1 fully saturated rings. The molecule has 1 aromatic heterocycles. The lowest BCUT2D eigenvalue weighted by Crippen LogP contribution is -2.40. The van der Waals surface area contributed by atoms with E-state index in [9.17, 15) is 9.59 Å². The van der Waals surface area contributed by atoms with Gasteiger partial charge in [0, 0.05) is 18.0 Å². The van der Waals surface area contributed by atoms with E-state index in [1.165, 1.54) is 11.3 Å². The summed E-state index contributed by atoms with van der Waals surface area (Å²) in [6.07, 6.45) is 1.35. The summed E-state index contributed by atoms with van der Waals surface area (Å²) in [5.74, 6) is -0.229. The number of nitrogens with zero attached hydrogens (tertiary/aromatic N) is 2. The number of aryl methyl sites for hydroxylation is 2. The van der Waals surface area contributed by atoms with Crippen LogP contribution in [0.1, 0.15) is 40.1 Å². The molecule has 1 aliphatic heterocycles. The summed E-state index contributed by atoms with van der Waals surface area (Å²) in [5, 5.41) is 0.551. The number of rotatable bonds is 3. The van der Waals surface area contributed by atoms with Crippen LogP contribution in [0.5, 0.6) is 0 Å². The number of ether oxygens (including phenoxy) is 1. The summed E-state index contributed by atoms with van der Waals surface area (Å²) in [6.45, 7) is 7.30. The SMILES string of the molecule is CCOC(=O)C1CCN(C(=O)c2nc(C)c(C)s2)CC1. The molecule has 1 amide bonds. The molecule has 0 saturated carbocycles. The molecule has 1 aliphatic rings. The first kappa shape index (κ1) is 15.0. The average molecular weight is 296 g/mol. The molecule has 0 aliphatic carbocycles. The minimum absolute atomic E-state index is 0.0199. The Bertz CT molecular complexity index is 485. The van der Waals surface area contributed by atoms with Crippen LogP contribution in [0, 0.1) is 19.8 Å². The van der Waals surface area contributed by atoms with Crippen molar-refractivity contribution in [2.45, 2.75) is 33.6 Å². The van der Waals surface area contributed by atoms with Crippen LogP contribution in [0.15, 0.2) is 0 Å². The molecule has 1 saturated heterocycles. The zero-order chi connectivity index (χ0) is 14.7. The highest BCUT2D eigenvalue weighted by atomic mass is 32.1. The fourth-order valence-electron chi connectivity index (χ4n) is 2.28. The van der Waals surface area contributed by atoms with Gasteiger partial charge in [-0.1, -0.05) is 0 Å². The third-order valence-electron chi connectivity index (χ3n) is 3.61. The Labute approximate surface area is 122 Å². The first-order valence-corrected chi connectivity index (χ1v) is 7.74. The minimum atomic E-state index is -0.138. The van der Waals surface area contributed by atoms with Crippen molar-refractivity contribution in [1.82, 2.24) is 9.88 Å². The van der Waals surface area contributed by atoms with Gasteiger partial charge in [-0.2, -0.15) is 0 Å². The smallest absolute Gasteiger partial charge is 0.309 e. The number of hydrogen-bond donors (Lipinski definition) is 0. The van der Waals surface area contributed by atoms with Crippen LogP contribution in [-0.2, 0) is 9.53 Å². The molecule has 0 atom stereocenters. The van der Waals surface area contributed by atoms with Gasteiger partial charge in [0.25, 0.3) is 5.91 Å². The highest BCUT2D eigenvalue weighted by Gasteiger charge is 2.29. The number of carbonyl (C=O) groups excluding carboxylic acids is 2. The summed E-state index contributed by atoms with van der Waals surface area (Å²) in [5.41, 5.74) is 0.916. The highest BCUT2D eigenvalue weighted by molar-refractivity contribution is 7.13. The second-order valence-electron chi connectivity index (χ2n) is 4.98. The molecule has 2 rings (SSSR count). The molecule has 0 bridgehead atoms. The molecule has 1 aromatic rings. The van der Waals surface area contributed by atoms with E-state index in [4.69, 9.17) is 4.74 Å². The normalized spacial score (nSPS) is 16.2. The molecule has 0 unspecified atom stereocenters. The molecular weight excluding hydrogens is 276 g/mol. The first-order chi connectivity index (χ1) is 9.52. The van der Waals surface area contributed by atoms with Gasteiger partial charge in [-0.3, -0.25) is 9.59 Å². The van der Waals surface area contributed by atoms with Crippen molar-refractivity contribution in [3.8, 4) is 0 Å². The van der Waals surface area contributed by atoms with Crippen molar-refractivity contribution in [2.75, 3.05) is 19.7 Å². The summed E-state index contributed by atoms with van der Waals surface area (Å²) >= 11 is 1.44. The van der Waals surface area contributed by atoms with Gasteiger partial charge >= 0.3 is 5.97 Å². The standard InChI is InChI=1S/C14H20N2O3S/c1-4-19-14(18)11-5-7-16(8-6-11)13(17)12-15-9(2)10(3)20-12/h11H,4-8H2,1-3H3. The zero-order valence-corrected chi connectivity index (χ0v) is 13.0. The maximum absolute atomic E-state index is 12.3. The fourth-order valence-corrected chi connectivity index (χ4v) is 3.16. The van der Waals surface area contributed by atoms with Crippen molar-refractivity contribution in [3.63, 3.8) is 0 Å². The van der Waals surface area contributed by atoms with E-state index < -0.39 is 0 Å². The average Bonchev–Trinajstić information content (AvgIpc) is 2.78. The van der Waals surface area contributed by atoms with Crippen molar-refractivity contribution < 1.29 is 14.3 Å². The van der Waals surface area contributed by atoms with Crippen LogP contribution in [0.3, 0.4) is 0 Å². The van der Waals surface area contributed by atoms with Gasteiger partial charge in [0.15, 0.2) is 5.01 Å². The van der Waals surface area contributed by atoms with E-state index in [0.29, 0.717) is 37.5 Å². The van der Waals surface area contributed by atoms with Crippen LogP contribution >= 0.6 is 11.3 Å². The predicted molar refractivity (Wildman–Crippen MR) is 76.8 cm³/mol. The van der Waals surface area contributed by atoms with Gasteiger partial charge in [-0.25, -0.2) is 4.98 Å². The highest BCUT2D eigenvalue weighted by Crippen LogP contribution is 2.23. The van der Waals surface area contributed by atoms with Gasteiger partial charge in [0.2, 0.25) is 0 Å². The largest absolute Gasteiger partial charge is 0.466 e. The van der Waals surface area contributed by atoms with Crippen molar-refractivity contribution >= 4 is 23.2 Å². The number of likely N-dealkylation sites (tertiary alicyclic amines) is 1. The number of esters is 1. The van der Waals surface area contributed by atoms with E-state index >= 15 is 0 Å². The topological polar surface area (TPSA) is 59.5 Å². The third-order valence-corrected chi connectivity index (χ3v) is 4.67. The third kappa shape index (κ3) is 3.17. The van der Waals surface area contributed by atoms with Crippen molar-refractivity contribution in [3.05, 3.63) is 15.6 Å². The predicted octanol–water partition coefficient (Wildman–Crippen LogP) is 2.18. The number of piperidine rings is 1. The molecule has 2 heterocycles. The number of amides is 1. The lowest BCUT2D eigenvalue weighted by atomic mass is 9.97. The summed E-state index contributed by atoms with van der Waals surface area (Å²) in [4.78, 5) is 31.2. The molecule has 0 aromatic carbocycles. The fraction of sp³-hybridized carbons (Fsp3) is 0.643. The molecule has 6 heteroatoms. The van der Waals surface area contributed by atoms with E-state index in [1.54, 1.807) is 4.90 Å². The van der Waals surface area contributed by atoms with Crippen LogP contribution < -0.4 is 0 Å². The molecule has 0 radical (unpaired) electrons. The molecule has 0 spiro atoms. The van der Waals surface area contributed by atoms with Crippen LogP contribution in [-0.4, -0.2) is 41.5 Å². The van der Waals surface area contributed by atoms with E-state index in [1.807, 2.05) is 20.8 Å². The van der Waals surface area contributed by atoms with Gasteiger partial charge in [0.1, 0.15) is 0 Å². The van der Waals surface area contributed by atoms with Crippen molar-refractivity contribution in [2.24, 2.45) is 5.92 Å². The second-order valence-corrected chi connectivity index (χ2v) is 6.18. The number of hydrogen-bond acceptors (Lipinski definition) is 5. The lowest BCUT2D eigenvalue weighted by Gasteiger charge is -2.30. The van der Waals surface area contributed by atoms with Crippen molar-refractivity contribution in [1.29, 1.82) is 0 Å². The Morgan fingerprint density at radius 3 is 2.50 bits per heavy atom. The molecule has 110 valence electrons. The maximum atomic E-state index is 12.3. The molecule has 5 nitrogen and oxygen atoms in total. The molecular formula is C14H20N2O3S. The first-order valence-electron chi connectivity index (χ1n) is 6.92. The second kappa shape index (κ2) is 6.35. The van der Waals surface area contributed by atoms with Gasteiger partial charge in [0.05, 0.1) is 18.2 Å². The molecule has 20 heavy (non-hydrogen) atoms. The monoisotopic (exact) mass is 296 g/mol. The van der Waals surface area contributed by atoms with Crippen LogP contribution in [0.2, 0.25) is 0 Å². The number of aromatic nitrogens is 1. The molecule has 0 N–H and O–H groups in total. The van der Waals surface area contributed by atoms with Gasteiger partial charge in [-0.05, 0) is 33.6 Å².